The molecule has 11 heteroatoms. The van der Waals surface area contributed by atoms with Gasteiger partial charge in [0.05, 0.1) is 37.3 Å². The number of fused-ring (bicyclic) bond motifs is 1. The van der Waals surface area contributed by atoms with E-state index in [0.717, 1.165) is 16.7 Å². The molecule has 298 valence electrons. The molecule has 1 aliphatic carbocycles. The zero-order valence-electron chi connectivity index (χ0n) is 32.5. The van der Waals surface area contributed by atoms with Crippen molar-refractivity contribution < 1.29 is 19.1 Å². The first-order valence-electron chi connectivity index (χ1n) is 19.4. The number of methoxy groups -OCH3 is 2. The highest BCUT2D eigenvalue weighted by Crippen LogP contribution is 2.65. The van der Waals surface area contributed by atoms with Gasteiger partial charge in [-0.25, -0.2) is 0 Å². The molecule has 8 nitrogen and oxygen atoms in total. The zero-order chi connectivity index (χ0) is 41.5. The summed E-state index contributed by atoms with van der Waals surface area (Å²) < 4.78 is 11.3. The largest absolute Gasteiger partial charge is 0.497 e. The van der Waals surface area contributed by atoms with Crippen LogP contribution in [-0.4, -0.2) is 36.9 Å². The number of halogens is 2. The Morgan fingerprint density at radius 1 is 0.633 bits per heavy atom. The van der Waals surface area contributed by atoms with Crippen molar-refractivity contribution in [2.75, 3.05) is 24.0 Å². The maximum atomic E-state index is 16.7. The van der Waals surface area contributed by atoms with E-state index in [9.17, 15) is 0 Å². The Morgan fingerprint density at radius 3 is 1.60 bits per heavy atom. The van der Waals surface area contributed by atoms with Crippen LogP contribution in [0.3, 0.4) is 0 Å². The summed E-state index contributed by atoms with van der Waals surface area (Å²) in [6.45, 7) is 0. The van der Waals surface area contributed by atoms with Gasteiger partial charge >= 0.3 is 0 Å². The Balaban J connectivity index is 1.44. The van der Waals surface area contributed by atoms with E-state index < -0.39 is 41.0 Å². The average Bonchev–Trinajstić information content (AvgIpc) is 3.72. The molecule has 1 saturated heterocycles. The molecular formula is C49H38Cl2N4O4S. The summed E-state index contributed by atoms with van der Waals surface area (Å²) in [5.41, 5.74) is 7.19. The molecule has 1 saturated carbocycles. The van der Waals surface area contributed by atoms with Crippen LogP contribution in [0.5, 0.6) is 11.5 Å². The monoisotopic (exact) mass is 848 g/mol. The topological polar surface area (TPSA) is 83.5 Å². The molecule has 0 bridgehead atoms. The number of carbonyl (C=O) groups is 2. The van der Waals surface area contributed by atoms with Gasteiger partial charge in [-0.3, -0.25) is 19.4 Å². The molecule has 1 spiro atoms. The number of nitrogens with one attached hydrogen (secondary N) is 1. The van der Waals surface area contributed by atoms with Crippen molar-refractivity contribution in [3.8, 4) is 11.5 Å². The molecule has 9 rings (SSSR count). The van der Waals surface area contributed by atoms with Crippen molar-refractivity contribution in [2.24, 2.45) is 16.4 Å². The number of hydrazone groups is 1. The van der Waals surface area contributed by atoms with Crippen LogP contribution < -0.4 is 24.7 Å². The highest BCUT2D eigenvalue weighted by atomic mass is 35.5. The van der Waals surface area contributed by atoms with Crippen molar-refractivity contribution in [1.29, 1.82) is 0 Å². The van der Waals surface area contributed by atoms with E-state index >= 15 is 9.59 Å². The third-order valence-electron chi connectivity index (χ3n) is 11.8. The van der Waals surface area contributed by atoms with E-state index in [2.05, 4.69) is 5.43 Å². The van der Waals surface area contributed by atoms with Gasteiger partial charge in [-0.15, -0.1) is 0 Å². The smallest absolute Gasteiger partial charge is 0.250 e. The van der Waals surface area contributed by atoms with Gasteiger partial charge in [-0.05, 0) is 119 Å². The first-order chi connectivity index (χ1) is 29.2. The molecule has 1 N–H and O–H groups in total. The summed E-state index contributed by atoms with van der Waals surface area (Å²) in [5.74, 6) is -2.01. The van der Waals surface area contributed by atoms with Crippen LogP contribution in [0, 0.1) is 11.3 Å². The number of ether oxygens (including phenoxy) is 2. The molecule has 3 aliphatic rings. The third kappa shape index (κ3) is 6.54. The van der Waals surface area contributed by atoms with Crippen LogP contribution in [0.25, 0.3) is 6.08 Å². The molecule has 0 radical (unpaired) electrons. The van der Waals surface area contributed by atoms with Gasteiger partial charge in [-0.2, -0.15) is 5.10 Å². The number of amides is 2. The number of hydrogen-bond acceptors (Lipinski definition) is 7. The lowest BCUT2D eigenvalue weighted by Gasteiger charge is -2.57. The summed E-state index contributed by atoms with van der Waals surface area (Å²) in [4.78, 5) is 36.4. The first-order valence-corrected chi connectivity index (χ1v) is 20.6. The molecule has 2 heterocycles. The Morgan fingerprint density at radius 2 is 1.10 bits per heavy atom. The van der Waals surface area contributed by atoms with Crippen LogP contribution in [-0.2, 0) is 9.59 Å². The number of thiocarbonyl (C=S) groups is 1. The van der Waals surface area contributed by atoms with Crippen molar-refractivity contribution in [2.45, 2.75) is 17.9 Å². The van der Waals surface area contributed by atoms with E-state index in [0.29, 0.717) is 49.8 Å². The number of nitrogens with zero attached hydrogens (tertiary/aromatic N) is 3. The summed E-state index contributed by atoms with van der Waals surface area (Å²) in [7, 11) is 3.21. The minimum atomic E-state index is -1.91. The van der Waals surface area contributed by atoms with Crippen LogP contribution in [0.4, 0.5) is 11.4 Å². The summed E-state index contributed by atoms with van der Waals surface area (Å²) in [6.07, 6.45) is 2.03. The normalized spacial score (nSPS) is 21.4. The second-order valence-corrected chi connectivity index (χ2v) is 16.1. The molecular weight excluding hydrogens is 812 g/mol. The summed E-state index contributed by atoms with van der Waals surface area (Å²) in [6, 6.07) is 48.4. The minimum absolute atomic E-state index is 0.0523. The van der Waals surface area contributed by atoms with Gasteiger partial charge in [0, 0.05) is 27.8 Å². The lowest BCUT2D eigenvalue weighted by Crippen LogP contribution is -2.71. The van der Waals surface area contributed by atoms with Crippen molar-refractivity contribution in [3.05, 3.63) is 196 Å². The molecule has 4 atom stereocenters. The minimum Gasteiger partial charge on any atom is -0.497 e. The fourth-order valence-corrected chi connectivity index (χ4v) is 9.77. The highest BCUT2D eigenvalue weighted by Gasteiger charge is 2.71. The second kappa shape index (κ2) is 16.1. The van der Waals surface area contributed by atoms with Gasteiger partial charge in [0.2, 0.25) is 0 Å². The van der Waals surface area contributed by atoms with Gasteiger partial charge < -0.3 is 14.9 Å². The molecule has 6 aromatic rings. The van der Waals surface area contributed by atoms with Gasteiger partial charge in [-0.1, -0.05) is 108 Å². The Labute approximate surface area is 363 Å². The second-order valence-electron chi connectivity index (χ2n) is 14.9. The van der Waals surface area contributed by atoms with E-state index in [-0.39, 0.29) is 5.11 Å². The zero-order valence-corrected chi connectivity index (χ0v) is 34.9. The van der Waals surface area contributed by atoms with Gasteiger partial charge in [0.25, 0.3) is 11.8 Å². The fraction of sp³-hybridized carbons (Fsp3) is 0.143. The quantitative estimate of drug-likeness (QED) is 0.121. The third-order valence-corrected chi connectivity index (χ3v) is 12.7. The first kappa shape index (κ1) is 39.2. The predicted octanol–water partition coefficient (Wildman–Crippen LogP) is 10.6. The average molecular weight is 850 g/mol. The number of carbonyl (C=O) groups excluding carboxylic acids is 2. The lowest BCUT2D eigenvalue weighted by molar-refractivity contribution is -0.144. The maximum absolute atomic E-state index is 16.7. The maximum Gasteiger partial charge on any atom is 0.250 e. The number of allylic oxidation sites excluding steroid dienone is 1. The van der Waals surface area contributed by atoms with Crippen molar-refractivity contribution in [3.63, 3.8) is 0 Å². The molecule has 2 amide bonds. The van der Waals surface area contributed by atoms with Crippen molar-refractivity contribution in [1.82, 2.24) is 5.43 Å². The van der Waals surface area contributed by atoms with Crippen LogP contribution in [0.1, 0.15) is 40.1 Å². The van der Waals surface area contributed by atoms with Gasteiger partial charge in [0.1, 0.15) is 16.9 Å². The number of para-hydroxylation sites is 2. The number of hydrogen-bond donors (Lipinski definition) is 1. The Bertz CT molecular complexity index is 2580. The molecule has 6 aromatic carbocycles. The summed E-state index contributed by atoms with van der Waals surface area (Å²) >= 11 is 19.1. The number of rotatable bonds is 8. The fourth-order valence-electron chi connectivity index (χ4n) is 9.14. The van der Waals surface area contributed by atoms with Crippen molar-refractivity contribution >= 4 is 75.5 Å². The standard InChI is InChI=1S/C49H38Cl2N4O4S/c1-58-38-25-17-31(18-26-38)42-40(29-30-13-21-34(50)22-14-30)45-41(44(52-53-45)33-15-23-35(51)24-16-33)43(32-19-27-39(59-2)28-20-32)49(42)46(56)54(36-9-5-3-6-10-36)48(60)55(47(49)57)37-11-7-4-8-12-37/h3-29,41-44,52H,1-2H3/b40-29-. The highest BCUT2D eigenvalue weighted by molar-refractivity contribution is 7.81. The molecule has 2 fully saturated rings. The Kier molecular flexibility index (Phi) is 10.5. The molecule has 60 heavy (non-hydrogen) atoms. The number of anilines is 2. The molecule has 0 aromatic heterocycles. The summed E-state index contributed by atoms with van der Waals surface area (Å²) in [5, 5.41) is 6.37. The molecule has 4 unspecified atom stereocenters. The predicted molar refractivity (Wildman–Crippen MR) is 242 cm³/mol. The van der Waals surface area contributed by atoms with E-state index in [1.54, 1.807) is 24.0 Å². The van der Waals surface area contributed by atoms with E-state index in [4.69, 9.17) is 50.0 Å². The van der Waals surface area contributed by atoms with Gasteiger partial charge in [0.15, 0.2) is 5.11 Å². The SMILES string of the molecule is COc1ccc(C2/C(=C/c3ccc(Cl)cc3)C3=NNC(c4ccc(Cl)cc4)C3C(c3ccc(OC)cc3)C23C(=O)N(c2ccccc2)C(=S)N(c2ccccc2)C3=O)cc1. The van der Waals surface area contributed by atoms with Crippen LogP contribution >= 0.6 is 35.4 Å². The van der Waals surface area contributed by atoms with E-state index in [1.165, 1.54) is 0 Å². The van der Waals surface area contributed by atoms with E-state index in [1.807, 2.05) is 164 Å². The Hall–Kier alpha value is -6.26. The lowest BCUT2D eigenvalue weighted by atomic mass is 9.48. The van der Waals surface area contributed by atoms with Crippen LogP contribution in [0.2, 0.25) is 10.0 Å². The van der Waals surface area contributed by atoms with Crippen LogP contribution in [0.15, 0.2) is 168 Å². The number of benzene rings is 6. The molecule has 2 aliphatic heterocycles.